The maximum atomic E-state index is 5.64. The van der Waals surface area contributed by atoms with Gasteiger partial charge >= 0.3 is 0 Å². The number of thiazole rings is 1. The van der Waals surface area contributed by atoms with Gasteiger partial charge in [0, 0.05) is 0 Å². The number of aromatic nitrogens is 1. The van der Waals surface area contributed by atoms with Gasteiger partial charge in [0.25, 0.3) is 0 Å². The molecular weight excluding hydrogens is 144 g/mol. The summed E-state index contributed by atoms with van der Waals surface area (Å²) in [6.07, 6.45) is 3.43. The molecule has 2 nitrogen and oxygen atoms in total. The number of aryl methyl sites for hydroxylation is 1. The van der Waals surface area contributed by atoms with Gasteiger partial charge in [-0.25, -0.2) is 4.98 Å². The maximum Gasteiger partial charge on any atom is 0.109 e. The Hall–Kier alpha value is -0.570. The van der Waals surface area contributed by atoms with Crippen molar-refractivity contribution in [3.05, 3.63) is 11.2 Å². The van der Waals surface area contributed by atoms with Crippen LogP contribution >= 0.6 is 11.3 Å². The second kappa shape index (κ2) is 3.56. The molecule has 1 aromatic heterocycles. The van der Waals surface area contributed by atoms with Crippen molar-refractivity contribution in [3.63, 3.8) is 0 Å². The van der Waals surface area contributed by atoms with Crippen LogP contribution in [0.25, 0.3) is 0 Å². The van der Waals surface area contributed by atoms with Crippen LogP contribution in [-0.4, -0.2) is 4.98 Å². The van der Waals surface area contributed by atoms with E-state index >= 15 is 0 Å². The van der Waals surface area contributed by atoms with Crippen LogP contribution in [0.1, 0.15) is 25.5 Å². The lowest BCUT2D eigenvalue weighted by atomic mass is 10.2. The summed E-state index contributed by atoms with van der Waals surface area (Å²) in [7, 11) is 0. The Morgan fingerprint density at radius 1 is 1.70 bits per heavy atom. The smallest absolute Gasteiger partial charge is 0.109 e. The Balaban J connectivity index is 2.49. The summed E-state index contributed by atoms with van der Waals surface area (Å²) >= 11 is 1.52. The first-order valence-electron chi connectivity index (χ1n) is 3.52. The molecule has 56 valence electrons. The van der Waals surface area contributed by atoms with Gasteiger partial charge in [0.05, 0.1) is 11.2 Å². The Labute approximate surface area is 65.1 Å². The molecule has 0 bridgehead atoms. The molecule has 0 aliphatic carbocycles. The summed E-state index contributed by atoms with van der Waals surface area (Å²) < 4.78 is 0. The third-order valence-corrected chi connectivity index (χ3v) is 2.14. The number of anilines is 1. The molecule has 1 aromatic rings. The van der Waals surface area contributed by atoms with Crippen LogP contribution in [0.2, 0.25) is 0 Å². The van der Waals surface area contributed by atoms with Crippen LogP contribution in [-0.2, 0) is 6.42 Å². The van der Waals surface area contributed by atoms with Gasteiger partial charge in [-0.1, -0.05) is 13.3 Å². The predicted molar refractivity (Wildman–Crippen MR) is 45.1 cm³/mol. The van der Waals surface area contributed by atoms with Gasteiger partial charge in [-0.05, 0) is 12.8 Å². The molecule has 0 saturated carbocycles. The number of nitrogen functional groups attached to an aromatic ring is 1. The van der Waals surface area contributed by atoms with Crippen molar-refractivity contribution in [2.45, 2.75) is 26.2 Å². The van der Waals surface area contributed by atoms with Crippen molar-refractivity contribution >= 4 is 16.3 Å². The highest BCUT2D eigenvalue weighted by atomic mass is 32.1. The quantitative estimate of drug-likeness (QED) is 0.727. The first kappa shape index (κ1) is 7.54. The number of hydrogen-bond donors (Lipinski definition) is 1. The van der Waals surface area contributed by atoms with Crippen molar-refractivity contribution in [2.75, 3.05) is 5.73 Å². The van der Waals surface area contributed by atoms with E-state index in [1.54, 1.807) is 5.51 Å². The van der Waals surface area contributed by atoms with Gasteiger partial charge < -0.3 is 5.73 Å². The molecular formula is C7H12N2S. The molecule has 0 aromatic carbocycles. The third-order valence-electron chi connectivity index (χ3n) is 1.44. The number of nitrogens with zero attached hydrogens (tertiary/aromatic N) is 1. The molecule has 0 unspecified atom stereocenters. The van der Waals surface area contributed by atoms with E-state index in [4.69, 9.17) is 5.73 Å². The molecule has 0 saturated heterocycles. The summed E-state index contributed by atoms with van der Waals surface area (Å²) in [5, 5.41) is 0.883. The van der Waals surface area contributed by atoms with Gasteiger partial charge in [-0.15, -0.1) is 11.3 Å². The van der Waals surface area contributed by atoms with E-state index in [2.05, 4.69) is 11.9 Å². The average Bonchev–Trinajstić information content (AvgIpc) is 2.31. The van der Waals surface area contributed by atoms with E-state index in [0.29, 0.717) is 0 Å². The largest absolute Gasteiger partial charge is 0.389 e. The van der Waals surface area contributed by atoms with Crippen molar-refractivity contribution in [1.29, 1.82) is 0 Å². The summed E-state index contributed by atoms with van der Waals surface area (Å²) in [6.45, 7) is 2.17. The minimum atomic E-state index is 0.883. The fourth-order valence-corrected chi connectivity index (χ4v) is 1.39. The van der Waals surface area contributed by atoms with E-state index in [1.165, 1.54) is 24.2 Å². The molecule has 1 rings (SSSR count). The minimum Gasteiger partial charge on any atom is -0.389 e. The van der Waals surface area contributed by atoms with Crippen LogP contribution in [0.5, 0.6) is 0 Å². The Morgan fingerprint density at radius 3 is 3.00 bits per heavy atom. The molecule has 0 aliphatic heterocycles. The summed E-state index contributed by atoms with van der Waals surface area (Å²) in [6, 6.07) is 0. The van der Waals surface area contributed by atoms with Crippen molar-refractivity contribution < 1.29 is 0 Å². The molecule has 0 atom stereocenters. The van der Waals surface area contributed by atoms with Crippen LogP contribution in [0.3, 0.4) is 0 Å². The Bertz CT molecular complexity index is 195. The minimum absolute atomic E-state index is 0.883. The second-order valence-electron chi connectivity index (χ2n) is 2.27. The lowest BCUT2D eigenvalue weighted by molar-refractivity contribution is 0.782. The summed E-state index contributed by atoms with van der Waals surface area (Å²) in [4.78, 5) is 4.15. The van der Waals surface area contributed by atoms with E-state index < -0.39 is 0 Å². The van der Waals surface area contributed by atoms with Crippen LogP contribution < -0.4 is 5.73 Å². The van der Waals surface area contributed by atoms with Crippen molar-refractivity contribution in [3.8, 4) is 0 Å². The molecule has 2 N–H and O–H groups in total. The Morgan fingerprint density at radius 2 is 2.50 bits per heavy atom. The fourth-order valence-electron chi connectivity index (χ4n) is 0.810. The van der Waals surface area contributed by atoms with Gasteiger partial charge in [0.15, 0.2) is 0 Å². The van der Waals surface area contributed by atoms with Gasteiger partial charge in [-0.2, -0.15) is 0 Å². The van der Waals surface area contributed by atoms with E-state index in [0.717, 1.165) is 17.1 Å². The highest BCUT2D eigenvalue weighted by Crippen LogP contribution is 2.16. The summed E-state index contributed by atoms with van der Waals surface area (Å²) in [5.74, 6) is 0. The number of rotatable bonds is 3. The highest BCUT2D eigenvalue weighted by molar-refractivity contribution is 7.13. The lowest BCUT2D eigenvalue weighted by Gasteiger charge is -1.93. The normalized spacial score (nSPS) is 10.1. The zero-order chi connectivity index (χ0) is 7.40. The molecule has 0 spiro atoms. The van der Waals surface area contributed by atoms with Gasteiger partial charge in [0.1, 0.15) is 5.00 Å². The molecule has 3 heteroatoms. The lowest BCUT2D eigenvalue weighted by Crippen LogP contribution is -1.90. The third kappa shape index (κ3) is 1.70. The zero-order valence-corrected chi connectivity index (χ0v) is 6.95. The fraction of sp³-hybridized carbons (Fsp3) is 0.571. The number of unbranched alkanes of at least 4 members (excludes halogenated alkanes) is 1. The monoisotopic (exact) mass is 156 g/mol. The molecule has 1 heterocycles. The molecule has 0 fully saturated rings. The van der Waals surface area contributed by atoms with Gasteiger partial charge in [-0.3, -0.25) is 0 Å². The van der Waals surface area contributed by atoms with Gasteiger partial charge in [0.2, 0.25) is 0 Å². The SMILES string of the molecule is CCCCc1ncsc1N. The number of nitrogens with two attached hydrogens (primary N) is 1. The van der Waals surface area contributed by atoms with E-state index in [9.17, 15) is 0 Å². The number of hydrogen-bond acceptors (Lipinski definition) is 3. The van der Waals surface area contributed by atoms with Crippen LogP contribution in [0.15, 0.2) is 5.51 Å². The second-order valence-corrected chi connectivity index (χ2v) is 3.15. The molecule has 0 amide bonds. The van der Waals surface area contributed by atoms with Crippen LogP contribution in [0, 0.1) is 0 Å². The van der Waals surface area contributed by atoms with Crippen LogP contribution in [0.4, 0.5) is 5.00 Å². The highest BCUT2D eigenvalue weighted by Gasteiger charge is 1.99. The molecule has 0 aliphatic rings. The summed E-state index contributed by atoms with van der Waals surface area (Å²) in [5.41, 5.74) is 8.52. The molecule has 10 heavy (non-hydrogen) atoms. The zero-order valence-electron chi connectivity index (χ0n) is 6.13. The Kier molecular flexibility index (Phi) is 2.68. The predicted octanol–water partition coefficient (Wildman–Crippen LogP) is 2.07. The first-order valence-corrected chi connectivity index (χ1v) is 4.40. The van der Waals surface area contributed by atoms with E-state index in [-0.39, 0.29) is 0 Å². The maximum absolute atomic E-state index is 5.64. The molecule has 0 radical (unpaired) electrons. The van der Waals surface area contributed by atoms with E-state index in [1.807, 2.05) is 0 Å². The topological polar surface area (TPSA) is 38.9 Å². The van der Waals surface area contributed by atoms with Crippen molar-refractivity contribution in [1.82, 2.24) is 4.98 Å². The van der Waals surface area contributed by atoms with Crippen molar-refractivity contribution in [2.24, 2.45) is 0 Å². The standard InChI is InChI=1S/C7H12N2S/c1-2-3-4-6-7(8)10-5-9-6/h5H,2-4,8H2,1H3. The average molecular weight is 156 g/mol. The first-order chi connectivity index (χ1) is 4.84.